The van der Waals surface area contributed by atoms with E-state index in [-0.39, 0.29) is 12.5 Å². The number of thiazole rings is 1. The number of likely N-dealkylation sites (N-methyl/N-ethyl adjacent to an activating group) is 1. The number of fused-ring (bicyclic) bond motifs is 2. The molecule has 0 unspecified atom stereocenters. The standard InChI is InChI=1S/C18H19N3O2S/c1-21(18-20-14-5-2-3-8-16(14)24-18)17(22)11-23-15-7-4-6-13-12(15)9-10-19-13/h4,6-7,9-10,19H,2-3,5,8,11H2,1H3. The minimum absolute atomic E-state index is 0.00500. The number of aromatic nitrogens is 2. The fourth-order valence-electron chi connectivity index (χ4n) is 3.01. The number of aromatic amines is 1. The van der Waals surface area contributed by atoms with Crippen molar-refractivity contribution in [2.45, 2.75) is 25.7 Å². The first-order chi connectivity index (χ1) is 11.7. The summed E-state index contributed by atoms with van der Waals surface area (Å²) in [5, 5.41) is 1.76. The Bertz CT molecular complexity index is 860. The minimum Gasteiger partial charge on any atom is -0.483 e. The van der Waals surface area contributed by atoms with E-state index in [4.69, 9.17) is 4.74 Å². The second kappa shape index (κ2) is 6.28. The van der Waals surface area contributed by atoms with Gasteiger partial charge in [0.1, 0.15) is 5.75 Å². The quantitative estimate of drug-likeness (QED) is 0.789. The van der Waals surface area contributed by atoms with Crippen LogP contribution in [0.15, 0.2) is 30.5 Å². The third-order valence-electron chi connectivity index (χ3n) is 4.40. The lowest BCUT2D eigenvalue weighted by Crippen LogP contribution is -2.31. The van der Waals surface area contributed by atoms with Gasteiger partial charge in [0.05, 0.1) is 5.69 Å². The van der Waals surface area contributed by atoms with Crippen LogP contribution in [0.4, 0.5) is 5.13 Å². The molecule has 6 heteroatoms. The van der Waals surface area contributed by atoms with E-state index in [1.54, 1.807) is 23.3 Å². The Morgan fingerprint density at radius 3 is 3.08 bits per heavy atom. The zero-order chi connectivity index (χ0) is 16.5. The second-order valence-corrected chi connectivity index (χ2v) is 7.07. The summed E-state index contributed by atoms with van der Waals surface area (Å²) in [6.07, 6.45) is 6.39. The van der Waals surface area contributed by atoms with Crippen molar-refractivity contribution in [3.8, 4) is 5.75 Å². The van der Waals surface area contributed by atoms with Crippen molar-refractivity contribution in [2.75, 3.05) is 18.6 Å². The molecular weight excluding hydrogens is 322 g/mol. The number of nitrogens with one attached hydrogen (secondary N) is 1. The fourth-order valence-corrected chi connectivity index (χ4v) is 4.13. The smallest absolute Gasteiger partial charge is 0.266 e. The van der Waals surface area contributed by atoms with E-state index in [1.165, 1.54) is 23.4 Å². The summed E-state index contributed by atoms with van der Waals surface area (Å²) in [6, 6.07) is 7.73. The van der Waals surface area contributed by atoms with Crippen molar-refractivity contribution in [1.29, 1.82) is 0 Å². The molecule has 1 aromatic carbocycles. The molecule has 0 bridgehead atoms. The third-order valence-corrected chi connectivity index (χ3v) is 5.64. The number of benzene rings is 1. The maximum Gasteiger partial charge on any atom is 0.266 e. The van der Waals surface area contributed by atoms with E-state index in [2.05, 4.69) is 9.97 Å². The summed E-state index contributed by atoms with van der Waals surface area (Å²) in [5.41, 5.74) is 2.17. The van der Waals surface area contributed by atoms with E-state index in [1.807, 2.05) is 30.5 Å². The molecule has 0 saturated carbocycles. The van der Waals surface area contributed by atoms with Gasteiger partial charge in [-0.1, -0.05) is 6.07 Å². The van der Waals surface area contributed by atoms with Gasteiger partial charge in [0.25, 0.3) is 5.91 Å². The molecule has 1 aliphatic carbocycles. The number of amides is 1. The number of anilines is 1. The van der Waals surface area contributed by atoms with Crippen LogP contribution in [0.5, 0.6) is 5.75 Å². The maximum absolute atomic E-state index is 12.5. The van der Waals surface area contributed by atoms with Crippen LogP contribution >= 0.6 is 11.3 Å². The van der Waals surface area contributed by atoms with Gasteiger partial charge in [-0.05, 0) is 43.9 Å². The van der Waals surface area contributed by atoms with Gasteiger partial charge in [-0.25, -0.2) is 4.98 Å². The van der Waals surface area contributed by atoms with E-state index in [9.17, 15) is 4.79 Å². The number of H-pyrrole nitrogens is 1. The molecule has 0 saturated heterocycles. The summed E-state index contributed by atoms with van der Waals surface area (Å²) < 4.78 is 5.75. The van der Waals surface area contributed by atoms with Crippen molar-refractivity contribution in [3.05, 3.63) is 41.0 Å². The Morgan fingerprint density at radius 1 is 1.33 bits per heavy atom. The van der Waals surface area contributed by atoms with Gasteiger partial charge < -0.3 is 9.72 Å². The third kappa shape index (κ3) is 2.78. The first-order valence-electron chi connectivity index (χ1n) is 8.16. The average molecular weight is 341 g/mol. The Morgan fingerprint density at radius 2 is 2.21 bits per heavy atom. The monoisotopic (exact) mass is 341 g/mol. The van der Waals surface area contributed by atoms with Crippen molar-refractivity contribution in [3.63, 3.8) is 0 Å². The number of aryl methyl sites for hydroxylation is 2. The number of rotatable bonds is 4. The average Bonchev–Trinajstić information content (AvgIpc) is 3.25. The van der Waals surface area contributed by atoms with E-state index in [0.29, 0.717) is 5.75 Å². The van der Waals surface area contributed by atoms with Crippen molar-refractivity contribution in [1.82, 2.24) is 9.97 Å². The van der Waals surface area contributed by atoms with Gasteiger partial charge >= 0.3 is 0 Å². The van der Waals surface area contributed by atoms with Crippen LogP contribution in [0.3, 0.4) is 0 Å². The fraction of sp³-hybridized carbons (Fsp3) is 0.333. The van der Waals surface area contributed by atoms with Gasteiger partial charge in [-0.15, -0.1) is 11.3 Å². The Labute approximate surface area is 144 Å². The number of carbonyl (C=O) groups is 1. The summed E-state index contributed by atoms with van der Waals surface area (Å²) in [5.74, 6) is 0.627. The molecule has 124 valence electrons. The molecule has 2 aromatic heterocycles. The molecule has 5 nitrogen and oxygen atoms in total. The van der Waals surface area contributed by atoms with Crippen LogP contribution in [-0.4, -0.2) is 29.5 Å². The van der Waals surface area contributed by atoms with E-state index in [0.717, 1.165) is 28.9 Å². The molecule has 1 aliphatic rings. The largest absolute Gasteiger partial charge is 0.483 e. The lowest BCUT2D eigenvalue weighted by atomic mass is 10.0. The van der Waals surface area contributed by atoms with Crippen LogP contribution in [-0.2, 0) is 17.6 Å². The highest BCUT2D eigenvalue weighted by Gasteiger charge is 2.20. The predicted octanol–water partition coefficient (Wildman–Crippen LogP) is 3.55. The molecule has 4 rings (SSSR count). The van der Waals surface area contributed by atoms with Gasteiger partial charge in [-0.2, -0.15) is 0 Å². The maximum atomic E-state index is 12.5. The molecule has 0 aliphatic heterocycles. The first-order valence-corrected chi connectivity index (χ1v) is 8.98. The topological polar surface area (TPSA) is 58.2 Å². The zero-order valence-electron chi connectivity index (χ0n) is 13.5. The molecular formula is C18H19N3O2S. The first kappa shape index (κ1) is 15.2. The van der Waals surface area contributed by atoms with E-state index < -0.39 is 0 Å². The Kier molecular flexibility index (Phi) is 3.98. The van der Waals surface area contributed by atoms with E-state index >= 15 is 0 Å². The highest BCUT2D eigenvalue weighted by molar-refractivity contribution is 7.15. The van der Waals surface area contributed by atoms with Crippen molar-refractivity contribution in [2.24, 2.45) is 0 Å². The lowest BCUT2D eigenvalue weighted by Gasteiger charge is -2.14. The number of carbonyl (C=O) groups excluding carboxylic acids is 1. The summed E-state index contributed by atoms with van der Waals surface area (Å²) >= 11 is 1.63. The molecule has 24 heavy (non-hydrogen) atoms. The molecule has 2 heterocycles. The normalized spacial score (nSPS) is 13.7. The summed E-state index contributed by atoms with van der Waals surface area (Å²) in [4.78, 5) is 23.2. The van der Waals surface area contributed by atoms with Crippen molar-refractivity contribution < 1.29 is 9.53 Å². The number of nitrogens with zero attached hydrogens (tertiary/aromatic N) is 2. The predicted molar refractivity (Wildman–Crippen MR) is 96.0 cm³/mol. The summed E-state index contributed by atoms with van der Waals surface area (Å²) in [6.45, 7) is 0.00500. The number of ether oxygens (including phenoxy) is 1. The van der Waals surface area contributed by atoms with Crippen LogP contribution in [0.1, 0.15) is 23.4 Å². The number of hydrogen-bond acceptors (Lipinski definition) is 4. The summed E-state index contributed by atoms with van der Waals surface area (Å²) in [7, 11) is 1.77. The molecule has 0 atom stereocenters. The Hall–Kier alpha value is -2.34. The second-order valence-electron chi connectivity index (χ2n) is 6.01. The van der Waals surface area contributed by atoms with Gasteiger partial charge in [0.2, 0.25) is 0 Å². The number of hydrogen-bond donors (Lipinski definition) is 1. The molecule has 0 spiro atoms. The SMILES string of the molecule is CN(C(=O)COc1cccc2[nH]ccc12)c1nc2c(s1)CCCC2. The van der Waals surface area contributed by atoms with Crippen molar-refractivity contribution >= 4 is 33.3 Å². The Balaban J connectivity index is 1.46. The molecule has 0 radical (unpaired) electrons. The van der Waals surface area contributed by atoms with Gasteiger partial charge in [0.15, 0.2) is 11.7 Å². The molecule has 0 fully saturated rings. The molecule has 3 aromatic rings. The van der Waals surface area contributed by atoms with Gasteiger partial charge in [0, 0.05) is 29.0 Å². The molecule has 1 N–H and O–H groups in total. The lowest BCUT2D eigenvalue weighted by molar-refractivity contribution is -0.120. The van der Waals surface area contributed by atoms with Crippen LogP contribution in [0.2, 0.25) is 0 Å². The van der Waals surface area contributed by atoms with Crippen LogP contribution in [0.25, 0.3) is 10.9 Å². The van der Waals surface area contributed by atoms with Crippen LogP contribution in [0, 0.1) is 0 Å². The zero-order valence-corrected chi connectivity index (χ0v) is 14.4. The van der Waals surface area contributed by atoms with Gasteiger partial charge in [-0.3, -0.25) is 9.69 Å². The highest BCUT2D eigenvalue weighted by Crippen LogP contribution is 2.31. The minimum atomic E-state index is -0.0892. The van der Waals surface area contributed by atoms with Crippen LogP contribution < -0.4 is 9.64 Å². The highest BCUT2D eigenvalue weighted by atomic mass is 32.1. The molecule has 1 amide bonds.